The number of benzene rings is 1. The Hall–Kier alpha value is -0.900. The van der Waals surface area contributed by atoms with Gasteiger partial charge in [0, 0.05) is 39.3 Å². The van der Waals surface area contributed by atoms with Crippen molar-refractivity contribution in [3.05, 3.63) is 35.9 Å². The Morgan fingerprint density at radius 2 is 2.06 bits per heavy atom. The van der Waals surface area contributed by atoms with E-state index in [2.05, 4.69) is 29.2 Å². The Morgan fingerprint density at radius 1 is 1.31 bits per heavy atom. The fourth-order valence-corrected chi connectivity index (χ4v) is 2.34. The van der Waals surface area contributed by atoms with Crippen LogP contribution in [-0.4, -0.2) is 42.9 Å². The Bertz CT molecular complexity index is 303. The Balaban J connectivity index is 1.93. The molecule has 3 nitrogen and oxygen atoms in total. The van der Waals surface area contributed by atoms with Crippen LogP contribution in [0.2, 0.25) is 0 Å². The topological polar surface area (TPSA) is 32.7 Å². The van der Waals surface area contributed by atoms with Gasteiger partial charge in [0.25, 0.3) is 0 Å². The second kappa shape index (κ2) is 5.43. The van der Waals surface area contributed by atoms with E-state index in [1.165, 1.54) is 5.56 Å². The summed E-state index contributed by atoms with van der Waals surface area (Å²) in [6, 6.07) is 10.4. The van der Waals surface area contributed by atoms with Crippen LogP contribution >= 0.6 is 0 Å². The minimum Gasteiger partial charge on any atom is -0.396 e. The first-order chi connectivity index (χ1) is 7.83. The molecule has 0 radical (unpaired) electrons. The van der Waals surface area contributed by atoms with Gasteiger partial charge in [0.15, 0.2) is 0 Å². The molecule has 1 aliphatic heterocycles. The van der Waals surface area contributed by atoms with E-state index in [-0.39, 0.29) is 18.6 Å². The van der Waals surface area contributed by atoms with E-state index < -0.39 is 0 Å². The summed E-state index contributed by atoms with van der Waals surface area (Å²) >= 11 is 0. The first-order valence-electron chi connectivity index (χ1n) is 5.73. The highest BCUT2D eigenvalue weighted by Crippen LogP contribution is 2.20. The van der Waals surface area contributed by atoms with E-state index >= 15 is 0 Å². The van der Waals surface area contributed by atoms with E-state index in [0.717, 1.165) is 19.6 Å². The van der Waals surface area contributed by atoms with Gasteiger partial charge in [-0.05, 0) is 5.56 Å². The second-order valence-corrected chi connectivity index (χ2v) is 4.40. The summed E-state index contributed by atoms with van der Waals surface area (Å²) in [5.41, 5.74) is 1.32. The van der Waals surface area contributed by atoms with Gasteiger partial charge in [-0.2, -0.15) is 0 Å². The van der Waals surface area contributed by atoms with Gasteiger partial charge >= 0.3 is 0 Å². The molecule has 1 aromatic rings. The molecular weight excluding hydrogens is 202 g/mol. The van der Waals surface area contributed by atoms with E-state index in [4.69, 9.17) is 4.74 Å². The van der Waals surface area contributed by atoms with Crippen molar-refractivity contribution in [3.63, 3.8) is 0 Å². The molecule has 2 atom stereocenters. The number of hydrogen-bond acceptors (Lipinski definition) is 3. The van der Waals surface area contributed by atoms with Crippen LogP contribution in [0.15, 0.2) is 30.3 Å². The highest BCUT2D eigenvalue weighted by molar-refractivity contribution is 5.14. The Labute approximate surface area is 96.6 Å². The van der Waals surface area contributed by atoms with Crippen LogP contribution in [0, 0.1) is 5.92 Å². The van der Waals surface area contributed by atoms with Crippen LogP contribution < -0.4 is 0 Å². The maximum atomic E-state index is 9.24. The van der Waals surface area contributed by atoms with Crippen LogP contribution in [0.3, 0.4) is 0 Å². The lowest BCUT2D eigenvalue weighted by molar-refractivity contribution is 0.0558. The lowest BCUT2D eigenvalue weighted by atomic mass is 10.1. The molecule has 2 rings (SSSR count). The van der Waals surface area contributed by atoms with Gasteiger partial charge in [0.2, 0.25) is 0 Å². The molecule has 0 spiro atoms. The summed E-state index contributed by atoms with van der Waals surface area (Å²) in [7, 11) is 1.72. The average molecular weight is 221 g/mol. The molecule has 1 saturated heterocycles. The van der Waals surface area contributed by atoms with Crippen LogP contribution in [0.25, 0.3) is 0 Å². The summed E-state index contributed by atoms with van der Waals surface area (Å²) in [5, 5.41) is 9.24. The molecule has 0 saturated carbocycles. The average Bonchev–Trinajstić information content (AvgIpc) is 2.72. The van der Waals surface area contributed by atoms with Crippen molar-refractivity contribution in [1.29, 1.82) is 0 Å². The van der Waals surface area contributed by atoms with Gasteiger partial charge in [-0.1, -0.05) is 30.3 Å². The van der Waals surface area contributed by atoms with E-state index in [0.29, 0.717) is 0 Å². The summed E-state index contributed by atoms with van der Waals surface area (Å²) in [6.45, 7) is 2.99. The maximum Gasteiger partial charge on any atom is 0.0760 e. The highest BCUT2D eigenvalue weighted by Gasteiger charge is 2.31. The van der Waals surface area contributed by atoms with E-state index in [1.807, 2.05) is 6.07 Å². The molecular formula is C13H19NO2. The summed E-state index contributed by atoms with van der Waals surface area (Å²) in [4.78, 5) is 2.34. The first-order valence-corrected chi connectivity index (χ1v) is 5.73. The molecule has 1 N–H and O–H groups in total. The van der Waals surface area contributed by atoms with Crippen LogP contribution in [0.5, 0.6) is 0 Å². The standard InChI is InChI=1S/C13H19NO2/c1-16-13-9-14(8-12(13)10-15)7-11-5-3-2-4-6-11/h2-6,12-13,15H,7-10H2,1H3. The summed E-state index contributed by atoms with van der Waals surface area (Å²) in [5.74, 6) is 0.258. The normalized spacial score (nSPS) is 26.1. The van der Waals surface area contributed by atoms with Gasteiger partial charge in [-0.15, -0.1) is 0 Å². The van der Waals surface area contributed by atoms with Crippen LogP contribution in [0.4, 0.5) is 0 Å². The first kappa shape index (κ1) is 11.6. The molecule has 88 valence electrons. The fourth-order valence-electron chi connectivity index (χ4n) is 2.34. The summed E-state index contributed by atoms with van der Waals surface area (Å²) in [6.07, 6.45) is 0.175. The Morgan fingerprint density at radius 3 is 2.62 bits per heavy atom. The minimum atomic E-state index is 0.175. The molecule has 0 aromatic heterocycles. The van der Waals surface area contributed by atoms with Gasteiger partial charge in [-0.3, -0.25) is 4.90 Å². The minimum absolute atomic E-state index is 0.175. The summed E-state index contributed by atoms with van der Waals surface area (Å²) < 4.78 is 5.38. The zero-order chi connectivity index (χ0) is 11.4. The largest absolute Gasteiger partial charge is 0.396 e. The molecule has 0 bridgehead atoms. The quantitative estimate of drug-likeness (QED) is 0.827. The zero-order valence-corrected chi connectivity index (χ0v) is 9.67. The molecule has 16 heavy (non-hydrogen) atoms. The van der Waals surface area contributed by atoms with Crippen molar-refractivity contribution < 1.29 is 9.84 Å². The van der Waals surface area contributed by atoms with Crippen molar-refractivity contribution in [3.8, 4) is 0 Å². The number of aliphatic hydroxyl groups is 1. The number of hydrogen-bond donors (Lipinski definition) is 1. The number of aliphatic hydroxyl groups excluding tert-OH is 1. The third-order valence-corrected chi connectivity index (χ3v) is 3.24. The van der Waals surface area contributed by atoms with Gasteiger partial charge in [0.1, 0.15) is 0 Å². The van der Waals surface area contributed by atoms with Gasteiger partial charge in [-0.25, -0.2) is 0 Å². The van der Waals surface area contributed by atoms with Crippen molar-refractivity contribution in [2.45, 2.75) is 12.6 Å². The molecule has 1 aromatic carbocycles. The monoisotopic (exact) mass is 221 g/mol. The van der Waals surface area contributed by atoms with Crippen molar-refractivity contribution in [2.75, 3.05) is 26.8 Å². The number of likely N-dealkylation sites (tertiary alicyclic amines) is 1. The molecule has 1 fully saturated rings. The van der Waals surface area contributed by atoms with Crippen molar-refractivity contribution in [2.24, 2.45) is 5.92 Å². The molecule has 0 amide bonds. The second-order valence-electron chi connectivity index (χ2n) is 4.40. The lowest BCUT2D eigenvalue weighted by Crippen LogP contribution is -2.23. The molecule has 0 aliphatic carbocycles. The van der Waals surface area contributed by atoms with Gasteiger partial charge < -0.3 is 9.84 Å². The number of ether oxygens (including phenoxy) is 1. The van der Waals surface area contributed by atoms with Crippen molar-refractivity contribution in [1.82, 2.24) is 4.90 Å². The third kappa shape index (κ3) is 2.61. The fraction of sp³-hybridized carbons (Fsp3) is 0.538. The zero-order valence-electron chi connectivity index (χ0n) is 9.67. The molecule has 1 aliphatic rings. The maximum absolute atomic E-state index is 9.24. The van der Waals surface area contributed by atoms with Crippen molar-refractivity contribution >= 4 is 0 Å². The third-order valence-electron chi connectivity index (χ3n) is 3.24. The molecule has 1 heterocycles. The molecule has 2 unspecified atom stereocenters. The number of rotatable bonds is 4. The highest BCUT2D eigenvalue weighted by atomic mass is 16.5. The predicted octanol–water partition coefficient (Wildman–Crippen LogP) is 1.13. The van der Waals surface area contributed by atoms with E-state index in [9.17, 15) is 5.11 Å². The van der Waals surface area contributed by atoms with Crippen LogP contribution in [-0.2, 0) is 11.3 Å². The smallest absolute Gasteiger partial charge is 0.0760 e. The van der Waals surface area contributed by atoms with Gasteiger partial charge in [0.05, 0.1) is 6.10 Å². The Kier molecular flexibility index (Phi) is 3.93. The molecule has 3 heteroatoms. The van der Waals surface area contributed by atoms with Crippen LogP contribution in [0.1, 0.15) is 5.56 Å². The number of methoxy groups -OCH3 is 1. The van der Waals surface area contributed by atoms with E-state index in [1.54, 1.807) is 7.11 Å². The lowest BCUT2D eigenvalue weighted by Gasteiger charge is -2.15. The SMILES string of the molecule is COC1CN(Cc2ccccc2)CC1CO. The predicted molar refractivity (Wildman–Crippen MR) is 63.1 cm³/mol. The number of nitrogens with zero attached hydrogens (tertiary/aromatic N) is 1.